The number of hydrogen-bond donors (Lipinski definition) is 2. The van der Waals surface area contributed by atoms with E-state index in [4.69, 9.17) is 21.4 Å². The summed E-state index contributed by atoms with van der Waals surface area (Å²) in [6.07, 6.45) is 1.74. The minimum atomic E-state index is -1.01. The van der Waals surface area contributed by atoms with E-state index in [1.54, 1.807) is 36.5 Å². The van der Waals surface area contributed by atoms with Gasteiger partial charge in [-0.05, 0) is 73.7 Å². The highest BCUT2D eigenvalue weighted by atomic mass is 32.1. The number of carbonyl (C=O) groups is 1. The summed E-state index contributed by atoms with van der Waals surface area (Å²) in [5, 5.41) is 13.6. The van der Waals surface area contributed by atoms with Crippen molar-refractivity contribution in [2.24, 2.45) is 0 Å². The van der Waals surface area contributed by atoms with E-state index < -0.39 is 5.97 Å². The van der Waals surface area contributed by atoms with Crippen LogP contribution in [0.4, 0.5) is 5.69 Å². The van der Waals surface area contributed by atoms with Gasteiger partial charge in [0.1, 0.15) is 23.3 Å². The van der Waals surface area contributed by atoms with Crippen LogP contribution in [0.25, 0.3) is 11.3 Å². The lowest BCUT2D eigenvalue weighted by Crippen LogP contribution is -2.29. The lowest BCUT2D eigenvalue weighted by atomic mass is 10.0. The average molecular weight is 486 g/mol. The van der Waals surface area contributed by atoms with E-state index in [1.807, 2.05) is 60.4 Å². The molecule has 2 aromatic heterocycles. The highest BCUT2D eigenvalue weighted by molar-refractivity contribution is 7.80. The number of aromatic carboxylic acids is 1. The second kappa shape index (κ2) is 9.60. The zero-order valence-electron chi connectivity index (χ0n) is 18.9. The summed E-state index contributed by atoms with van der Waals surface area (Å²) in [5.74, 6) is 0.877. The van der Waals surface area contributed by atoms with Gasteiger partial charge < -0.3 is 24.5 Å². The van der Waals surface area contributed by atoms with E-state index in [-0.39, 0.29) is 17.6 Å². The number of benzene rings is 2. The fourth-order valence-electron chi connectivity index (χ4n) is 4.33. The van der Waals surface area contributed by atoms with Crippen LogP contribution in [-0.4, -0.2) is 27.8 Å². The SMILES string of the molecule is CCOc1ccc(N2C(=S)NC(c3ccccn3)C2c2ccc(-c3ccccc3C(=O)O)o2)cc1. The van der Waals surface area contributed by atoms with Crippen LogP contribution >= 0.6 is 12.2 Å². The maximum absolute atomic E-state index is 11.8. The molecular formula is C27H23N3O4S. The molecule has 2 N–H and O–H groups in total. The third-order valence-electron chi connectivity index (χ3n) is 5.87. The van der Waals surface area contributed by atoms with E-state index in [0.29, 0.717) is 28.8 Å². The first kappa shape index (κ1) is 22.6. The van der Waals surface area contributed by atoms with E-state index in [1.165, 1.54) is 0 Å². The van der Waals surface area contributed by atoms with Crippen molar-refractivity contribution in [1.82, 2.24) is 10.3 Å². The molecule has 35 heavy (non-hydrogen) atoms. The summed E-state index contributed by atoms with van der Waals surface area (Å²) in [4.78, 5) is 18.3. The summed E-state index contributed by atoms with van der Waals surface area (Å²) in [6, 6.07) is 23.3. The first-order valence-corrected chi connectivity index (χ1v) is 11.6. The van der Waals surface area contributed by atoms with E-state index >= 15 is 0 Å². The Morgan fingerprint density at radius 3 is 2.57 bits per heavy atom. The predicted molar refractivity (Wildman–Crippen MR) is 137 cm³/mol. The number of aromatic nitrogens is 1. The van der Waals surface area contributed by atoms with Crippen LogP contribution in [0.3, 0.4) is 0 Å². The Balaban J connectivity index is 1.58. The van der Waals surface area contributed by atoms with Crippen LogP contribution in [-0.2, 0) is 0 Å². The Bertz CT molecular complexity index is 1350. The molecule has 0 amide bonds. The smallest absolute Gasteiger partial charge is 0.336 e. The predicted octanol–water partition coefficient (Wildman–Crippen LogP) is 5.62. The lowest BCUT2D eigenvalue weighted by molar-refractivity contribution is 0.0697. The van der Waals surface area contributed by atoms with Gasteiger partial charge in [0.15, 0.2) is 5.11 Å². The monoisotopic (exact) mass is 485 g/mol. The van der Waals surface area contributed by atoms with E-state index in [2.05, 4.69) is 10.3 Å². The number of rotatable bonds is 7. The van der Waals surface area contributed by atoms with Crippen molar-refractivity contribution < 1.29 is 19.1 Å². The number of nitrogens with zero attached hydrogens (tertiary/aromatic N) is 2. The topological polar surface area (TPSA) is 87.8 Å². The maximum Gasteiger partial charge on any atom is 0.336 e. The number of pyridine rings is 1. The van der Waals surface area contributed by atoms with Gasteiger partial charge in [0.05, 0.1) is 23.9 Å². The molecule has 2 atom stereocenters. The molecule has 176 valence electrons. The largest absolute Gasteiger partial charge is 0.494 e. The van der Waals surface area contributed by atoms with Gasteiger partial charge in [0.25, 0.3) is 0 Å². The van der Waals surface area contributed by atoms with Crippen LogP contribution < -0.4 is 15.0 Å². The zero-order chi connectivity index (χ0) is 24.4. The minimum Gasteiger partial charge on any atom is -0.494 e. The van der Waals surface area contributed by atoms with Gasteiger partial charge in [-0.1, -0.05) is 24.3 Å². The number of thiocarbonyl (C=S) groups is 1. The quantitative estimate of drug-likeness (QED) is 0.326. The summed E-state index contributed by atoms with van der Waals surface area (Å²) in [6.45, 7) is 2.53. The van der Waals surface area contributed by atoms with E-state index in [0.717, 1.165) is 17.1 Å². The molecule has 0 saturated carbocycles. The number of furan rings is 1. The van der Waals surface area contributed by atoms with Crippen LogP contribution in [0.2, 0.25) is 0 Å². The Hall–Kier alpha value is -4.17. The molecule has 0 spiro atoms. The fraction of sp³-hybridized carbons (Fsp3) is 0.148. The molecule has 7 nitrogen and oxygen atoms in total. The third kappa shape index (κ3) is 4.36. The molecule has 1 saturated heterocycles. The molecule has 1 fully saturated rings. The summed E-state index contributed by atoms with van der Waals surface area (Å²) in [5.41, 5.74) is 2.38. The Kier molecular flexibility index (Phi) is 6.20. The highest BCUT2D eigenvalue weighted by Gasteiger charge is 2.42. The van der Waals surface area contributed by atoms with Gasteiger partial charge in [-0.15, -0.1) is 0 Å². The molecule has 2 unspecified atom stereocenters. The van der Waals surface area contributed by atoms with Gasteiger partial charge in [0.2, 0.25) is 0 Å². The van der Waals surface area contributed by atoms with Crippen molar-refractivity contribution in [2.75, 3.05) is 11.5 Å². The first-order valence-electron chi connectivity index (χ1n) is 11.2. The number of nitrogens with one attached hydrogen (secondary N) is 1. The van der Waals surface area contributed by atoms with Gasteiger partial charge >= 0.3 is 5.97 Å². The molecule has 5 rings (SSSR count). The fourth-order valence-corrected chi connectivity index (χ4v) is 4.68. The van der Waals surface area contributed by atoms with Crippen LogP contribution in [0.1, 0.15) is 40.8 Å². The summed E-state index contributed by atoms with van der Waals surface area (Å²) in [7, 11) is 0. The molecule has 2 aromatic carbocycles. The zero-order valence-corrected chi connectivity index (χ0v) is 19.7. The van der Waals surface area contributed by atoms with Crippen molar-refractivity contribution in [1.29, 1.82) is 0 Å². The Labute approximate surface area is 208 Å². The summed E-state index contributed by atoms with van der Waals surface area (Å²) >= 11 is 5.75. The number of hydrogen-bond acceptors (Lipinski definition) is 5. The molecule has 0 radical (unpaired) electrons. The standard InChI is InChI=1S/C27H23N3O4S/c1-2-33-18-12-10-17(11-13-18)30-25(24(29-27(30)35)21-9-5-6-16-28-21)23-15-14-22(34-23)19-7-3-4-8-20(19)26(31)32/h3-16,24-25H,2H2,1H3,(H,29,35)(H,31,32). The van der Waals surface area contributed by atoms with Gasteiger partial charge in [-0.2, -0.15) is 0 Å². The first-order chi connectivity index (χ1) is 17.1. The maximum atomic E-state index is 11.8. The molecule has 0 bridgehead atoms. The molecule has 1 aliphatic heterocycles. The number of anilines is 1. The molecule has 1 aliphatic rings. The van der Waals surface area contributed by atoms with Crippen LogP contribution in [0.5, 0.6) is 5.75 Å². The Morgan fingerprint density at radius 1 is 1.09 bits per heavy atom. The minimum absolute atomic E-state index is 0.179. The van der Waals surface area contributed by atoms with Crippen molar-refractivity contribution in [3.05, 3.63) is 102 Å². The van der Waals surface area contributed by atoms with Crippen molar-refractivity contribution in [3.8, 4) is 17.1 Å². The van der Waals surface area contributed by atoms with Gasteiger partial charge in [0, 0.05) is 17.4 Å². The third-order valence-corrected chi connectivity index (χ3v) is 6.18. The highest BCUT2D eigenvalue weighted by Crippen LogP contribution is 2.43. The number of ether oxygens (including phenoxy) is 1. The number of carboxylic acid groups (broad SMARTS) is 1. The second-order valence-corrected chi connectivity index (χ2v) is 8.36. The van der Waals surface area contributed by atoms with Gasteiger partial charge in [-0.3, -0.25) is 4.98 Å². The Morgan fingerprint density at radius 2 is 1.86 bits per heavy atom. The van der Waals surface area contributed by atoms with Crippen molar-refractivity contribution >= 4 is 29.0 Å². The van der Waals surface area contributed by atoms with Crippen LogP contribution in [0.15, 0.2) is 89.5 Å². The molecule has 8 heteroatoms. The van der Waals surface area contributed by atoms with Crippen molar-refractivity contribution in [2.45, 2.75) is 19.0 Å². The average Bonchev–Trinajstić information content (AvgIpc) is 3.50. The second-order valence-electron chi connectivity index (χ2n) is 7.98. The van der Waals surface area contributed by atoms with Crippen LogP contribution in [0, 0.1) is 0 Å². The normalized spacial score (nSPS) is 17.3. The molecule has 3 heterocycles. The van der Waals surface area contributed by atoms with Crippen molar-refractivity contribution in [3.63, 3.8) is 0 Å². The van der Waals surface area contributed by atoms with Gasteiger partial charge in [-0.25, -0.2) is 4.79 Å². The molecule has 4 aromatic rings. The molecular weight excluding hydrogens is 462 g/mol. The molecule has 0 aliphatic carbocycles. The lowest BCUT2D eigenvalue weighted by Gasteiger charge is -2.26. The number of carboxylic acids is 1. The van der Waals surface area contributed by atoms with E-state index in [9.17, 15) is 9.90 Å². The summed E-state index contributed by atoms with van der Waals surface area (Å²) < 4.78 is 11.9.